The van der Waals surface area contributed by atoms with E-state index in [-0.39, 0.29) is 0 Å². The van der Waals surface area contributed by atoms with E-state index in [1.165, 1.54) is 6.42 Å². The largest absolute Gasteiger partial charge is 0.380 e. The summed E-state index contributed by atoms with van der Waals surface area (Å²) in [6.07, 6.45) is 2.33. The van der Waals surface area contributed by atoms with Crippen LogP contribution in [0.2, 0.25) is 10.0 Å². The lowest BCUT2D eigenvalue weighted by atomic mass is 10.0. The number of benzene rings is 1. The third-order valence-electron chi connectivity index (χ3n) is 2.53. The van der Waals surface area contributed by atoms with Gasteiger partial charge in [0, 0.05) is 6.04 Å². The molecule has 1 aromatic carbocycles. The van der Waals surface area contributed by atoms with Gasteiger partial charge in [0.25, 0.3) is 0 Å². The van der Waals surface area contributed by atoms with Gasteiger partial charge in [-0.1, -0.05) is 43.1 Å². The summed E-state index contributed by atoms with van der Waals surface area (Å²) in [5.41, 5.74) is 0.849. The van der Waals surface area contributed by atoms with Crippen LogP contribution in [0.3, 0.4) is 0 Å². The lowest BCUT2D eigenvalue weighted by Gasteiger charge is -2.18. The standard InChI is InChI=1S/C13H19Cl2N/c1-9(2)7-8-10(3)16-13-11(14)5-4-6-12(13)15/h4-6,9-10,16H,7-8H2,1-3H3. The van der Waals surface area contributed by atoms with Crippen molar-refractivity contribution >= 4 is 28.9 Å². The van der Waals surface area contributed by atoms with Gasteiger partial charge in [0.1, 0.15) is 0 Å². The molecule has 0 saturated carbocycles. The summed E-state index contributed by atoms with van der Waals surface area (Å²) in [4.78, 5) is 0. The van der Waals surface area contributed by atoms with E-state index in [1.54, 1.807) is 0 Å². The molecule has 3 heteroatoms. The number of rotatable bonds is 5. The van der Waals surface area contributed by atoms with E-state index in [9.17, 15) is 0 Å². The van der Waals surface area contributed by atoms with Gasteiger partial charge in [0.05, 0.1) is 15.7 Å². The first-order valence-electron chi connectivity index (χ1n) is 5.71. The summed E-state index contributed by atoms with van der Waals surface area (Å²) >= 11 is 12.2. The molecule has 1 aromatic rings. The number of nitrogens with one attached hydrogen (secondary N) is 1. The SMILES string of the molecule is CC(C)CCC(C)Nc1c(Cl)cccc1Cl. The van der Waals surface area contributed by atoms with Crippen LogP contribution >= 0.6 is 23.2 Å². The van der Waals surface area contributed by atoms with Crippen molar-refractivity contribution in [1.82, 2.24) is 0 Å². The van der Waals surface area contributed by atoms with Crippen molar-refractivity contribution in [2.75, 3.05) is 5.32 Å². The maximum absolute atomic E-state index is 6.09. The van der Waals surface area contributed by atoms with Crippen molar-refractivity contribution in [3.63, 3.8) is 0 Å². The molecular formula is C13H19Cl2N. The number of hydrogen-bond donors (Lipinski definition) is 1. The van der Waals surface area contributed by atoms with E-state index in [0.717, 1.165) is 18.0 Å². The van der Waals surface area contributed by atoms with Gasteiger partial charge in [0.2, 0.25) is 0 Å². The van der Waals surface area contributed by atoms with Crippen molar-refractivity contribution in [3.8, 4) is 0 Å². The van der Waals surface area contributed by atoms with E-state index < -0.39 is 0 Å². The second kappa shape index (κ2) is 6.36. The Morgan fingerprint density at radius 1 is 1.06 bits per heavy atom. The van der Waals surface area contributed by atoms with Gasteiger partial charge >= 0.3 is 0 Å². The second-order valence-corrected chi connectivity index (χ2v) is 5.43. The molecule has 0 saturated heterocycles. The maximum atomic E-state index is 6.09. The monoisotopic (exact) mass is 259 g/mol. The van der Waals surface area contributed by atoms with Crippen molar-refractivity contribution in [2.24, 2.45) is 5.92 Å². The van der Waals surface area contributed by atoms with Gasteiger partial charge in [-0.25, -0.2) is 0 Å². The molecule has 16 heavy (non-hydrogen) atoms. The zero-order chi connectivity index (χ0) is 12.1. The van der Waals surface area contributed by atoms with Crippen LogP contribution in [0.5, 0.6) is 0 Å². The Bertz CT molecular complexity index is 316. The topological polar surface area (TPSA) is 12.0 Å². The highest BCUT2D eigenvalue weighted by atomic mass is 35.5. The molecule has 90 valence electrons. The van der Waals surface area contributed by atoms with Crippen LogP contribution in [0, 0.1) is 5.92 Å². The van der Waals surface area contributed by atoms with Crippen LogP contribution in [-0.4, -0.2) is 6.04 Å². The molecule has 1 unspecified atom stereocenters. The molecule has 0 aliphatic carbocycles. The molecule has 0 radical (unpaired) electrons. The normalized spacial score (nSPS) is 12.9. The van der Waals surface area contributed by atoms with Crippen LogP contribution in [0.25, 0.3) is 0 Å². The fourth-order valence-electron chi connectivity index (χ4n) is 1.54. The van der Waals surface area contributed by atoms with Crippen molar-refractivity contribution in [2.45, 2.75) is 39.7 Å². The zero-order valence-electron chi connectivity index (χ0n) is 10.1. The minimum Gasteiger partial charge on any atom is -0.380 e. The van der Waals surface area contributed by atoms with E-state index >= 15 is 0 Å². The molecule has 0 bridgehead atoms. The number of para-hydroxylation sites is 1. The highest BCUT2D eigenvalue weighted by Crippen LogP contribution is 2.30. The number of halogens is 2. The van der Waals surface area contributed by atoms with Gasteiger partial charge in [-0.3, -0.25) is 0 Å². The van der Waals surface area contributed by atoms with E-state index in [0.29, 0.717) is 16.1 Å². The quantitative estimate of drug-likeness (QED) is 0.764. The molecule has 0 amide bonds. The van der Waals surface area contributed by atoms with Gasteiger partial charge in [-0.05, 0) is 37.8 Å². The molecule has 0 heterocycles. The summed E-state index contributed by atoms with van der Waals surface area (Å²) in [5, 5.41) is 4.74. The van der Waals surface area contributed by atoms with Crippen LogP contribution in [0.1, 0.15) is 33.6 Å². The summed E-state index contributed by atoms with van der Waals surface area (Å²) in [5.74, 6) is 0.728. The Morgan fingerprint density at radius 3 is 2.12 bits per heavy atom. The third kappa shape index (κ3) is 4.23. The predicted molar refractivity (Wildman–Crippen MR) is 73.6 cm³/mol. The lowest BCUT2D eigenvalue weighted by molar-refractivity contribution is 0.528. The number of anilines is 1. The van der Waals surface area contributed by atoms with Gasteiger partial charge in [0.15, 0.2) is 0 Å². The van der Waals surface area contributed by atoms with Gasteiger partial charge < -0.3 is 5.32 Å². The molecule has 0 aliphatic heterocycles. The summed E-state index contributed by atoms with van der Waals surface area (Å²) in [6.45, 7) is 6.62. The molecule has 0 spiro atoms. The molecule has 1 nitrogen and oxygen atoms in total. The van der Waals surface area contributed by atoms with E-state index in [4.69, 9.17) is 23.2 Å². The summed E-state index contributed by atoms with van der Waals surface area (Å²) < 4.78 is 0. The van der Waals surface area contributed by atoms with Crippen LogP contribution in [-0.2, 0) is 0 Å². The first kappa shape index (κ1) is 13.7. The van der Waals surface area contributed by atoms with E-state index in [1.807, 2.05) is 18.2 Å². The van der Waals surface area contributed by atoms with Gasteiger partial charge in [-0.15, -0.1) is 0 Å². The highest BCUT2D eigenvalue weighted by molar-refractivity contribution is 6.39. The molecular weight excluding hydrogens is 241 g/mol. The number of hydrogen-bond acceptors (Lipinski definition) is 1. The molecule has 0 aromatic heterocycles. The van der Waals surface area contributed by atoms with Crippen LogP contribution < -0.4 is 5.32 Å². The Balaban J connectivity index is 2.59. The van der Waals surface area contributed by atoms with Crippen molar-refractivity contribution < 1.29 is 0 Å². The molecule has 1 atom stereocenters. The summed E-state index contributed by atoms with van der Waals surface area (Å²) in [7, 11) is 0. The Kier molecular flexibility index (Phi) is 5.43. The molecule has 0 aliphatic rings. The Morgan fingerprint density at radius 2 is 1.62 bits per heavy atom. The van der Waals surface area contributed by atoms with Gasteiger partial charge in [-0.2, -0.15) is 0 Å². The zero-order valence-corrected chi connectivity index (χ0v) is 11.6. The highest BCUT2D eigenvalue weighted by Gasteiger charge is 2.09. The maximum Gasteiger partial charge on any atom is 0.0720 e. The molecule has 1 N–H and O–H groups in total. The first-order chi connectivity index (χ1) is 7.50. The fourth-order valence-corrected chi connectivity index (χ4v) is 2.04. The first-order valence-corrected chi connectivity index (χ1v) is 6.47. The summed E-state index contributed by atoms with van der Waals surface area (Å²) in [6, 6.07) is 5.95. The smallest absolute Gasteiger partial charge is 0.0720 e. The van der Waals surface area contributed by atoms with Crippen LogP contribution in [0.4, 0.5) is 5.69 Å². The minimum atomic E-state index is 0.389. The predicted octanol–water partition coefficient (Wildman–Crippen LogP) is 5.23. The molecule has 1 rings (SSSR count). The minimum absolute atomic E-state index is 0.389. The third-order valence-corrected chi connectivity index (χ3v) is 3.16. The van der Waals surface area contributed by atoms with E-state index in [2.05, 4.69) is 26.1 Å². The second-order valence-electron chi connectivity index (χ2n) is 4.61. The molecule has 0 fully saturated rings. The Labute approximate surface area is 108 Å². The average molecular weight is 260 g/mol. The van der Waals surface area contributed by atoms with Crippen LogP contribution in [0.15, 0.2) is 18.2 Å². The average Bonchev–Trinajstić information content (AvgIpc) is 2.21. The fraction of sp³-hybridized carbons (Fsp3) is 0.538. The van der Waals surface area contributed by atoms with Crippen molar-refractivity contribution in [1.29, 1.82) is 0 Å². The lowest BCUT2D eigenvalue weighted by Crippen LogP contribution is -2.16. The van der Waals surface area contributed by atoms with Crippen molar-refractivity contribution in [3.05, 3.63) is 28.2 Å². The Hall–Kier alpha value is -0.400.